The molecule has 6 heteroatoms. The fourth-order valence-corrected chi connectivity index (χ4v) is 9.56. The summed E-state index contributed by atoms with van der Waals surface area (Å²) in [6.45, 7) is 6.70. The van der Waals surface area contributed by atoms with Gasteiger partial charge in [-0.3, -0.25) is 14.4 Å². The molecule has 0 spiro atoms. The first kappa shape index (κ1) is 67.1. The van der Waals surface area contributed by atoms with Crippen molar-refractivity contribution in [3.05, 3.63) is 12.2 Å². The lowest BCUT2D eigenvalue weighted by Gasteiger charge is -2.18. The van der Waals surface area contributed by atoms with E-state index in [1.807, 2.05) is 0 Å². The molecular weight excluding hydrogens is 853 g/mol. The van der Waals surface area contributed by atoms with E-state index in [1.165, 1.54) is 257 Å². The van der Waals surface area contributed by atoms with Gasteiger partial charge >= 0.3 is 17.9 Å². The average Bonchev–Trinajstić information content (AvgIpc) is 3.35. The third-order valence-corrected chi connectivity index (χ3v) is 14.3. The SMILES string of the molecule is CCCCCCCCCC/C=C\CCCCCCCCCCCCCC(=O)OCC(COC(=O)CCCCCCCCCCCCCC)OC(=O)CCCCCCCCCCCCCCCCCC. The Bertz CT molecular complexity index is 1070. The van der Waals surface area contributed by atoms with Crippen LogP contribution in [0.15, 0.2) is 12.2 Å². The third kappa shape index (κ3) is 56.9. The summed E-state index contributed by atoms with van der Waals surface area (Å²) in [5, 5.41) is 0. The molecule has 0 aliphatic rings. The molecule has 0 N–H and O–H groups in total. The minimum absolute atomic E-state index is 0.0636. The molecule has 1 unspecified atom stereocenters. The van der Waals surface area contributed by atoms with Crippen molar-refractivity contribution in [2.45, 2.75) is 361 Å². The molecule has 0 aromatic heterocycles. The smallest absolute Gasteiger partial charge is 0.306 e. The Kier molecular flexibility index (Phi) is 57.1. The molecule has 0 aromatic carbocycles. The number of ether oxygens (including phenoxy) is 3. The zero-order chi connectivity index (χ0) is 50.0. The van der Waals surface area contributed by atoms with Crippen molar-refractivity contribution in [3.63, 3.8) is 0 Å². The molecule has 408 valence electrons. The van der Waals surface area contributed by atoms with E-state index in [1.54, 1.807) is 0 Å². The monoisotopic (exact) mass is 973 g/mol. The lowest BCUT2D eigenvalue weighted by Crippen LogP contribution is -2.30. The zero-order valence-electron chi connectivity index (χ0n) is 46.9. The fraction of sp³-hybridized carbons (Fsp3) is 0.921. The van der Waals surface area contributed by atoms with Crippen LogP contribution in [0.1, 0.15) is 355 Å². The maximum Gasteiger partial charge on any atom is 0.306 e. The molecule has 0 aliphatic carbocycles. The van der Waals surface area contributed by atoms with E-state index in [0.29, 0.717) is 19.3 Å². The van der Waals surface area contributed by atoms with E-state index >= 15 is 0 Å². The van der Waals surface area contributed by atoms with Gasteiger partial charge in [-0.2, -0.15) is 0 Å². The highest BCUT2D eigenvalue weighted by Crippen LogP contribution is 2.18. The summed E-state index contributed by atoms with van der Waals surface area (Å²) in [7, 11) is 0. The first-order chi connectivity index (χ1) is 34.0. The van der Waals surface area contributed by atoms with Crippen molar-refractivity contribution in [1.29, 1.82) is 0 Å². The number of esters is 3. The first-order valence-electron chi connectivity index (χ1n) is 31.2. The van der Waals surface area contributed by atoms with Crippen LogP contribution >= 0.6 is 0 Å². The van der Waals surface area contributed by atoms with E-state index in [2.05, 4.69) is 32.9 Å². The Hall–Kier alpha value is -1.85. The summed E-state index contributed by atoms with van der Waals surface area (Å²) in [6.07, 6.45) is 67.9. The Morgan fingerprint density at radius 2 is 0.478 bits per heavy atom. The van der Waals surface area contributed by atoms with Gasteiger partial charge in [0.15, 0.2) is 6.10 Å². The highest BCUT2D eigenvalue weighted by atomic mass is 16.6. The highest BCUT2D eigenvalue weighted by molar-refractivity contribution is 5.71. The Balaban J connectivity index is 4.22. The summed E-state index contributed by atoms with van der Waals surface area (Å²) in [5.74, 6) is -0.837. The van der Waals surface area contributed by atoms with Crippen LogP contribution in [0, 0.1) is 0 Å². The number of unbranched alkanes of at least 4 members (excludes halogenated alkanes) is 45. The van der Waals surface area contributed by atoms with Crippen LogP contribution in [-0.2, 0) is 28.6 Å². The van der Waals surface area contributed by atoms with Crippen LogP contribution in [0.25, 0.3) is 0 Å². The van der Waals surface area contributed by atoms with Crippen molar-refractivity contribution < 1.29 is 28.6 Å². The maximum absolute atomic E-state index is 12.9. The normalized spacial score (nSPS) is 12.0. The van der Waals surface area contributed by atoms with Gasteiger partial charge in [0.1, 0.15) is 13.2 Å². The number of hydrogen-bond donors (Lipinski definition) is 0. The quantitative estimate of drug-likeness (QED) is 0.0261. The van der Waals surface area contributed by atoms with Crippen molar-refractivity contribution in [1.82, 2.24) is 0 Å². The highest BCUT2D eigenvalue weighted by Gasteiger charge is 2.19. The molecule has 0 bridgehead atoms. The molecule has 0 fully saturated rings. The van der Waals surface area contributed by atoms with Crippen LogP contribution in [0.4, 0.5) is 0 Å². The average molecular weight is 974 g/mol. The standard InChI is InChI=1S/C63H120O6/c1-4-7-10-13-16-19-22-25-27-29-30-31-32-33-34-35-37-38-41-44-47-50-53-56-62(65)68-59-60(58-67-61(64)55-52-49-46-43-40-24-21-18-15-12-9-6-3)69-63(66)57-54-51-48-45-42-39-36-28-26-23-20-17-14-11-8-5-2/h29-30,60H,4-28,31-59H2,1-3H3/b30-29-. The largest absolute Gasteiger partial charge is 0.462 e. The number of allylic oxidation sites excluding steroid dienone is 2. The van der Waals surface area contributed by atoms with Gasteiger partial charge in [-0.05, 0) is 44.9 Å². The maximum atomic E-state index is 12.9. The predicted molar refractivity (Wildman–Crippen MR) is 298 cm³/mol. The summed E-state index contributed by atoms with van der Waals surface area (Å²) >= 11 is 0. The molecule has 0 aliphatic heterocycles. The lowest BCUT2D eigenvalue weighted by molar-refractivity contribution is -0.167. The van der Waals surface area contributed by atoms with Gasteiger partial charge in [0.2, 0.25) is 0 Å². The second-order valence-corrected chi connectivity index (χ2v) is 21.3. The molecular formula is C63H120O6. The Morgan fingerprint density at radius 3 is 0.725 bits per heavy atom. The van der Waals surface area contributed by atoms with Crippen LogP contribution in [0.2, 0.25) is 0 Å². The summed E-state index contributed by atoms with van der Waals surface area (Å²) < 4.78 is 16.9. The van der Waals surface area contributed by atoms with Crippen molar-refractivity contribution in [2.24, 2.45) is 0 Å². The molecule has 1 atom stereocenters. The van der Waals surface area contributed by atoms with Gasteiger partial charge in [0.05, 0.1) is 0 Å². The second kappa shape index (κ2) is 58.7. The van der Waals surface area contributed by atoms with Gasteiger partial charge < -0.3 is 14.2 Å². The Labute approximate surface area is 431 Å². The molecule has 0 radical (unpaired) electrons. The van der Waals surface area contributed by atoms with Crippen LogP contribution in [-0.4, -0.2) is 37.2 Å². The minimum atomic E-state index is -0.764. The number of carbonyl (C=O) groups excluding carboxylic acids is 3. The molecule has 69 heavy (non-hydrogen) atoms. The van der Waals surface area contributed by atoms with E-state index in [4.69, 9.17) is 14.2 Å². The van der Waals surface area contributed by atoms with Crippen LogP contribution < -0.4 is 0 Å². The molecule has 0 amide bonds. The summed E-state index contributed by atoms with van der Waals surface area (Å²) in [5.41, 5.74) is 0. The van der Waals surface area contributed by atoms with Crippen molar-refractivity contribution >= 4 is 17.9 Å². The van der Waals surface area contributed by atoms with Crippen molar-refractivity contribution in [2.75, 3.05) is 13.2 Å². The van der Waals surface area contributed by atoms with E-state index in [0.717, 1.165) is 57.8 Å². The third-order valence-electron chi connectivity index (χ3n) is 14.3. The molecule has 0 heterocycles. The summed E-state index contributed by atoms with van der Waals surface area (Å²) in [6, 6.07) is 0. The zero-order valence-corrected chi connectivity index (χ0v) is 46.9. The van der Waals surface area contributed by atoms with Gasteiger partial charge in [-0.15, -0.1) is 0 Å². The number of hydrogen-bond acceptors (Lipinski definition) is 6. The number of carbonyl (C=O) groups is 3. The summed E-state index contributed by atoms with van der Waals surface area (Å²) in [4.78, 5) is 38.2. The van der Waals surface area contributed by atoms with Crippen LogP contribution in [0.3, 0.4) is 0 Å². The number of rotatable bonds is 58. The van der Waals surface area contributed by atoms with Gasteiger partial charge in [-0.1, -0.05) is 303 Å². The first-order valence-corrected chi connectivity index (χ1v) is 31.2. The molecule has 6 nitrogen and oxygen atoms in total. The predicted octanol–water partition coefficient (Wildman–Crippen LogP) is 20.9. The van der Waals surface area contributed by atoms with Gasteiger partial charge in [-0.25, -0.2) is 0 Å². The Morgan fingerprint density at radius 1 is 0.275 bits per heavy atom. The van der Waals surface area contributed by atoms with Crippen LogP contribution in [0.5, 0.6) is 0 Å². The van der Waals surface area contributed by atoms with Gasteiger partial charge in [0, 0.05) is 19.3 Å². The van der Waals surface area contributed by atoms with Gasteiger partial charge in [0.25, 0.3) is 0 Å². The molecule has 0 saturated heterocycles. The second-order valence-electron chi connectivity index (χ2n) is 21.3. The molecule has 0 aromatic rings. The van der Waals surface area contributed by atoms with Crippen molar-refractivity contribution in [3.8, 4) is 0 Å². The minimum Gasteiger partial charge on any atom is -0.462 e. The molecule has 0 rings (SSSR count). The van der Waals surface area contributed by atoms with E-state index < -0.39 is 6.10 Å². The van der Waals surface area contributed by atoms with E-state index in [-0.39, 0.29) is 31.1 Å². The van der Waals surface area contributed by atoms with E-state index in [9.17, 15) is 14.4 Å². The molecule has 0 saturated carbocycles. The topological polar surface area (TPSA) is 78.9 Å². The lowest BCUT2D eigenvalue weighted by atomic mass is 10.0. The fourth-order valence-electron chi connectivity index (χ4n) is 9.56.